The van der Waals surface area contributed by atoms with Crippen molar-refractivity contribution in [2.45, 2.75) is 252 Å². The summed E-state index contributed by atoms with van der Waals surface area (Å²) < 4.78 is 11.8. The molecule has 0 bridgehead atoms. The molecule has 0 rings (SSSR count). The van der Waals surface area contributed by atoms with Crippen molar-refractivity contribution in [3.8, 4) is 0 Å². The minimum absolute atomic E-state index is 0.0201. The highest BCUT2D eigenvalue weighted by atomic mass is 16.6. The van der Waals surface area contributed by atoms with Crippen LogP contribution in [-0.2, 0) is 19.1 Å². The van der Waals surface area contributed by atoms with Crippen molar-refractivity contribution < 1.29 is 24.2 Å². The summed E-state index contributed by atoms with van der Waals surface area (Å²) in [5, 5.41) is 9.57. The monoisotopic (exact) mass is 738 g/mol. The Morgan fingerprint density at radius 2 is 0.846 bits per heavy atom. The van der Waals surface area contributed by atoms with Crippen molar-refractivity contribution in [3.05, 3.63) is 0 Å². The minimum atomic E-state index is -0.261. The standard InChI is InChI=1S/C46H91NO5/c1-5-9-12-15-18-27-34-43-51-44(49)35-28-21-19-25-32-39-47(41-42-48)40-33-26-20-22-29-36-45(50)52-46(8-4,37-30-23-16-13-10-6-2)38-31-24-17-14-11-7-3/h48H,5-43H2,1-4H3. The van der Waals surface area contributed by atoms with Gasteiger partial charge < -0.3 is 19.5 Å². The van der Waals surface area contributed by atoms with E-state index in [4.69, 9.17) is 9.47 Å². The van der Waals surface area contributed by atoms with Crippen LogP contribution in [0.15, 0.2) is 0 Å². The molecule has 0 aliphatic carbocycles. The van der Waals surface area contributed by atoms with E-state index in [1.807, 2.05) is 0 Å². The first-order valence-corrected chi connectivity index (χ1v) is 23.2. The number of carbonyl (C=O) groups excluding carboxylic acids is 2. The molecule has 0 saturated heterocycles. The zero-order valence-electron chi connectivity index (χ0n) is 35.6. The predicted octanol–water partition coefficient (Wildman–Crippen LogP) is 13.4. The number of hydrogen-bond acceptors (Lipinski definition) is 6. The Morgan fingerprint density at radius 3 is 1.29 bits per heavy atom. The molecule has 6 heteroatoms. The third kappa shape index (κ3) is 33.4. The summed E-state index contributed by atoms with van der Waals surface area (Å²) in [5.41, 5.74) is -0.261. The van der Waals surface area contributed by atoms with Gasteiger partial charge in [-0.25, -0.2) is 0 Å². The Labute approximate surface area is 324 Å². The highest BCUT2D eigenvalue weighted by molar-refractivity contribution is 5.70. The fraction of sp³-hybridized carbons (Fsp3) is 0.957. The number of carbonyl (C=O) groups is 2. The Kier molecular flexibility index (Phi) is 38.7. The lowest BCUT2D eigenvalue weighted by Gasteiger charge is -2.33. The molecule has 0 heterocycles. The molecule has 0 amide bonds. The smallest absolute Gasteiger partial charge is 0.306 e. The first kappa shape index (κ1) is 50.9. The summed E-state index contributed by atoms with van der Waals surface area (Å²) in [4.78, 5) is 27.4. The maximum absolute atomic E-state index is 13.0. The topological polar surface area (TPSA) is 76.1 Å². The number of aliphatic hydroxyl groups is 1. The van der Waals surface area contributed by atoms with Crippen LogP contribution in [0.25, 0.3) is 0 Å². The summed E-state index contributed by atoms with van der Waals surface area (Å²) >= 11 is 0. The van der Waals surface area contributed by atoms with Crippen LogP contribution in [0.2, 0.25) is 0 Å². The molecule has 0 spiro atoms. The second-order valence-electron chi connectivity index (χ2n) is 16.0. The van der Waals surface area contributed by atoms with Crippen molar-refractivity contribution in [2.75, 3.05) is 32.8 Å². The van der Waals surface area contributed by atoms with E-state index in [0.717, 1.165) is 96.7 Å². The quantitative estimate of drug-likeness (QED) is 0.0496. The number of unbranched alkanes of at least 4 members (excludes halogenated alkanes) is 24. The van der Waals surface area contributed by atoms with Crippen LogP contribution in [0.3, 0.4) is 0 Å². The van der Waals surface area contributed by atoms with Crippen molar-refractivity contribution in [1.29, 1.82) is 0 Å². The number of ether oxygens (including phenoxy) is 2. The van der Waals surface area contributed by atoms with Gasteiger partial charge in [-0.2, -0.15) is 0 Å². The molecule has 0 atom stereocenters. The maximum Gasteiger partial charge on any atom is 0.306 e. The predicted molar refractivity (Wildman–Crippen MR) is 223 cm³/mol. The molecule has 0 aliphatic heterocycles. The van der Waals surface area contributed by atoms with Crippen molar-refractivity contribution in [1.82, 2.24) is 4.90 Å². The van der Waals surface area contributed by atoms with Gasteiger partial charge in [0.15, 0.2) is 0 Å². The largest absolute Gasteiger partial charge is 0.466 e. The molecular formula is C46H91NO5. The molecule has 0 radical (unpaired) electrons. The third-order valence-electron chi connectivity index (χ3n) is 11.1. The summed E-state index contributed by atoms with van der Waals surface area (Å²) in [6.07, 6.45) is 39.0. The third-order valence-corrected chi connectivity index (χ3v) is 11.1. The molecule has 0 aromatic rings. The summed E-state index contributed by atoms with van der Waals surface area (Å²) in [6.45, 7) is 12.6. The zero-order valence-corrected chi connectivity index (χ0v) is 35.6. The number of rotatable bonds is 42. The van der Waals surface area contributed by atoms with Gasteiger partial charge in [-0.3, -0.25) is 9.59 Å². The lowest BCUT2D eigenvalue weighted by Crippen LogP contribution is -2.34. The van der Waals surface area contributed by atoms with E-state index in [0.29, 0.717) is 19.4 Å². The van der Waals surface area contributed by atoms with Gasteiger partial charge in [-0.05, 0) is 77.3 Å². The number of hydrogen-bond donors (Lipinski definition) is 1. The van der Waals surface area contributed by atoms with Gasteiger partial charge in [0.25, 0.3) is 0 Å². The van der Waals surface area contributed by atoms with E-state index in [9.17, 15) is 14.7 Å². The van der Waals surface area contributed by atoms with Crippen molar-refractivity contribution in [3.63, 3.8) is 0 Å². The summed E-state index contributed by atoms with van der Waals surface area (Å²) in [6, 6.07) is 0. The van der Waals surface area contributed by atoms with Crippen LogP contribution in [0, 0.1) is 0 Å². The Morgan fingerprint density at radius 1 is 0.462 bits per heavy atom. The molecule has 0 fully saturated rings. The molecule has 1 N–H and O–H groups in total. The minimum Gasteiger partial charge on any atom is -0.466 e. The lowest BCUT2D eigenvalue weighted by molar-refractivity contribution is -0.162. The van der Waals surface area contributed by atoms with Crippen LogP contribution in [0.5, 0.6) is 0 Å². The normalized spacial score (nSPS) is 11.8. The van der Waals surface area contributed by atoms with Gasteiger partial charge in [-0.15, -0.1) is 0 Å². The fourth-order valence-electron chi connectivity index (χ4n) is 7.46. The highest BCUT2D eigenvalue weighted by Gasteiger charge is 2.31. The van der Waals surface area contributed by atoms with Crippen LogP contribution < -0.4 is 0 Å². The van der Waals surface area contributed by atoms with Gasteiger partial charge >= 0.3 is 11.9 Å². The van der Waals surface area contributed by atoms with Crippen LogP contribution >= 0.6 is 0 Å². The van der Waals surface area contributed by atoms with Crippen LogP contribution in [0.4, 0.5) is 0 Å². The van der Waals surface area contributed by atoms with E-state index >= 15 is 0 Å². The van der Waals surface area contributed by atoms with E-state index in [-0.39, 0.29) is 24.1 Å². The van der Waals surface area contributed by atoms with Crippen molar-refractivity contribution in [2.24, 2.45) is 0 Å². The Bertz CT molecular complexity index is 743. The Balaban J connectivity index is 4.13. The molecule has 310 valence electrons. The summed E-state index contributed by atoms with van der Waals surface area (Å²) in [5.74, 6) is -0.0113. The molecule has 52 heavy (non-hydrogen) atoms. The molecule has 0 saturated carbocycles. The molecule has 0 unspecified atom stereocenters. The highest BCUT2D eigenvalue weighted by Crippen LogP contribution is 2.31. The van der Waals surface area contributed by atoms with E-state index in [1.54, 1.807) is 0 Å². The summed E-state index contributed by atoms with van der Waals surface area (Å²) in [7, 11) is 0. The average Bonchev–Trinajstić information content (AvgIpc) is 3.14. The molecule has 0 aromatic heterocycles. The maximum atomic E-state index is 13.0. The van der Waals surface area contributed by atoms with E-state index < -0.39 is 0 Å². The molecule has 0 aliphatic rings. The first-order valence-electron chi connectivity index (χ1n) is 23.2. The molecule has 6 nitrogen and oxygen atoms in total. The van der Waals surface area contributed by atoms with Gasteiger partial charge in [0.05, 0.1) is 13.2 Å². The molecule has 0 aromatic carbocycles. The second kappa shape index (κ2) is 39.6. The molecular weight excluding hydrogens is 647 g/mol. The van der Waals surface area contributed by atoms with Crippen molar-refractivity contribution >= 4 is 11.9 Å². The second-order valence-corrected chi connectivity index (χ2v) is 16.0. The van der Waals surface area contributed by atoms with Gasteiger partial charge in [0.1, 0.15) is 5.60 Å². The van der Waals surface area contributed by atoms with Gasteiger partial charge in [-0.1, -0.05) is 169 Å². The number of nitrogens with zero attached hydrogens (tertiary/aromatic N) is 1. The van der Waals surface area contributed by atoms with Gasteiger partial charge in [0, 0.05) is 19.4 Å². The number of esters is 2. The Hall–Kier alpha value is -1.14. The van der Waals surface area contributed by atoms with E-state index in [1.165, 1.54) is 128 Å². The average molecular weight is 738 g/mol. The lowest BCUT2D eigenvalue weighted by atomic mass is 9.87. The SMILES string of the molecule is CCCCCCCCCOC(=O)CCCCCCCN(CCO)CCCCCCCC(=O)OC(CC)(CCCCCCCC)CCCCCCCC. The van der Waals surface area contributed by atoms with Gasteiger partial charge in [0.2, 0.25) is 0 Å². The number of aliphatic hydroxyl groups excluding tert-OH is 1. The van der Waals surface area contributed by atoms with Crippen LogP contribution in [-0.4, -0.2) is 60.4 Å². The first-order chi connectivity index (χ1) is 25.5. The zero-order chi connectivity index (χ0) is 38.2. The van der Waals surface area contributed by atoms with Crippen LogP contribution in [0.1, 0.15) is 246 Å². The van der Waals surface area contributed by atoms with E-state index in [2.05, 4.69) is 32.6 Å². The fourth-order valence-corrected chi connectivity index (χ4v) is 7.46.